The lowest BCUT2D eigenvalue weighted by atomic mass is 9.68. The number of nitrogens with one attached hydrogen (secondary N) is 1. The van der Waals surface area contributed by atoms with Crippen molar-refractivity contribution in [2.45, 2.75) is 105 Å². The zero-order valence-corrected chi connectivity index (χ0v) is 16.0. The van der Waals surface area contributed by atoms with E-state index in [9.17, 15) is 0 Å². The van der Waals surface area contributed by atoms with Crippen LogP contribution in [0.2, 0.25) is 0 Å². The van der Waals surface area contributed by atoms with E-state index in [2.05, 4.69) is 67.6 Å². The molecular formula is C19H39NO. The van der Waals surface area contributed by atoms with E-state index in [0.29, 0.717) is 5.41 Å². The molecule has 0 radical (unpaired) electrons. The van der Waals surface area contributed by atoms with E-state index >= 15 is 0 Å². The topological polar surface area (TPSA) is 21.3 Å². The third kappa shape index (κ3) is 6.69. The molecule has 0 aliphatic heterocycles. The average molecular weight is 298 g/mol. The predicted octanol–water partition coefficient (Wildman–Crippen LogP) is 5.16. The molecule has 0 saturated heterocycles. The molecule has 1 fully saturated rings. The highest BCUT2D eigenvalue weighted by Crippen LogP contribution is 2.44. The quantitative estimate of drug-likeness (QED) is 0.776. The first-order chi connectivity index (χ1) is 9.23. The molecule has 0 aromatic carbocycles. The molecule has 1 saturated carbocycles. The van der Waals surface area contributed by atoms with Crippen molar-refractivity contribution < 1.29 is 4.74 Å². The van der Waals surface area contributed by atoms with Crippen LogP contribution in [-0.2, 0) is 4.74 Å². The van der Waals surface area contributed by atoms with E-state index in [1.165, 1.54) is 25.7 Å². The summed E-state index contributed by atoms with van der Waals surface area (Å²) < 4.78 is 6.56. The van der Waals surface area contributed by atoms with E-state index < -0.39 is 0 Å². The summed E-state index contributed by atoms with van der Waals surface area (Å²) in [6, 6.07) is 0. The molecule has 0 atom stereocenters. The van der Waals surface area contributed by atoms with Gasteiger partial charge in [0.2, 0.25) is 0 Å². The smallest absolute Gasteiger partial charge is 0.0813 e. The van der Waals surface area contributed by atoms with Crippen LogP contribution in [0.25, 0.3) is 0 Å². The lowest BCUT2D eigenvalue weighted by Gasteiger charge is -2.47. The number of ether oxygens (including phenoxy) is 1. The van der Waals surface area contributed by atoms with Gasteiger partial charge in [-0.2, -0.15) is 0 Å². The Morgan fingerprint density at radius 2 is 1.38 bits per heavy atom. The van der Waals surface area contributed by atoms with Crippen molar-refractivity contribution in [2.75, 3.05) is 6.54 Å². The van der Waals surface area contributed by atoms with Crippen molar-refractivity contribution in [3.05, 3.63) is 0 Å². The Balaban J connectivity index is 2.77. The van der Waals surface area contributed by atoms with Crippen LogP contribution in [0, 0.1) is 11.3 Å². The van der Waals surface area contributed by atoms with Gasteiger partial charge in [0.05, 0.1) is 11.2 Å². The third-order valence-corrected chi connectivity index (χ3v) is 4.59. The second-order valence-electron chi connectivity index (χ2n) is 10.1. The maximum absolute atomic E-state index is 6.56. The molecule has 0 aromatic heterocycles. The molecular weight excluding hydrogens is 258 g/mol. The summed E-state index contributed by atoms with van der Waals surface area (Å²) in [7, 11) is 0. The fourth-order valence-electron chi connectivity index (χ4n) is 3.40. The summed E-state index contributed by atoms with van der Waals surface area (Å²) in [5.74, 6) is 0.823. The van der Waals surface area contributed by atoms with E-state index in [1.54, 1.807) is 0 Å². The molecule has 2 heteroatoms. The monoisotopic (exact) mass is 297 g/mol. The number of rotatable bonds is 3. The maximum Gasteiger partial charge on any atom is 0.0813 e. The van der Waals surface area contributed by atoms with Gasteiger partial charge in [-0.3, -0.25) is 0 Å². The first kappa shape index (κ1) is 19.0. The van der Waals surface area contributed by atoms with Gasteiger partial charge in [-0.1, -0.05) is 20.8 Å². The fourth-order valence-corrected chi connectivity index (χ4v) is 3.40. The second kappa shape index (κ2) is 6.20. The summed E-state index contributed by atoms with van der Waals surface area (Å²) in [5.41, 5.74) is 0.502. The largest absolute Gasteiger partial charge is 0.368 e. The molecule has 0 aromatic rings. The van der Waals surface area contributed by atoms with E-state index in [1.807, 2.05) is 0 Å². The Bertz CT molecular complexity index is 319. The summed E-state index contributed by atoms with van der Waals surface area (Å²) in [6.07, 6.45) is 4.92. The Morgan fingerprint density at radius 1 is 0.905 bits per heavy atom. The van der Waals surface area contributed by atoms with Crippen LogP contribution in [0.15, 0.2) is 0 Å². The molecule has 0 heterocycles. The summed E-state index contributed by atoms with van der Waals surface area (Å²) in [4.78, 5) is 0. The molecule has 0 spiro atoms. The lowest BCUT2D eigenvalue weighted by molar-refractivity contribution is -0.156. The van der Waals surface area contributed by atoms with E-state index in [0.717, 1.165) is 12.5 Å². The third-order valence-electron chi connectivity index (χ3n) is 4.59. The zero-order chi connectivity index (χ0) is 16.5. The van der Waals surface area contributed by atoms with Gasteiger partial charge in [0.25, 0.3) is 0 Å². The van der Waals surface area contributed by atoms with Crippen molar-refractivity contribution in [1.29, 1.82) is 0 Å². The fraction of sp³-hybridized carbons (Fsp3) is 1.00. The van der Waals surface area contributed by atoms with Crippen LogP contribution < -0.4 is 5.32 Å². The number of hydrogen-bond donors (Lipinski definition) is 1. The minimum Gasteiger partial charge on any atom is -0.368 e. The summed E-state index contributed by atoms with van der Waals surface area (Å²) in [6.45, 7) is 21.3. The standard InChI is InChI=1S/C19H39NO/c1-16(2,3)15-10-12-19(13-11-15,21-18(7,8)9)14-20-17(4,5)6/h15,20H,10-14H2,1-9H3. The summed E-state index contributed by atoms with van der Waals surface area (Å²) in [5, 5.41) is 3.68. The van der Waals surface area contributed by atoms with Gasteiger partial charge in [-0.05, 0) is 78.6 Å². The molecule has 2 nitrogen and oxygen atoms in total. The Labute approximate surface area is 133 Å². The van der Waals surface area contributed by atoms with Gasteiger partial charge in [0, 0.05) is 12.1 Å². The van der Waals surface area contributed by atoms with Crippen molar-refractivity contribution >= 4 is 0 Å². The molecule has 1 aliphatic rings. The van der Waals surface area contributed by atoms with E-state index in [4.69, 9.17) is 4.74 Å². The normalized spacial score (nSPS) is 28.7. The van der Waals surface area contributed by atoms with Crippen LogP contribution >= 0.6 is 0 Å². The maximum atomic E-state index is 6.56. The molecule has 126 valence electrons. The number of hydrogen-bond acceptors (Lipinski definition) is 2. The molecule has 1 aliphatic carbocycles. The van der Waals surface area contributed by atoms with Crippen LogP contribution in [0.1, 0.15) is 88.0 Å². The van der Waals surface area contributed by atoms with Crippen molar-refractivity contribution in [2.24, 2.45) is 11.3 Å². The van der Waals surface area contributed by atoms with Crippen molar-refractivity contribution in [3.8, 4) is 0 Å². The molecule has 0 unspecified atom stereocenters. The Kier molecular flexibility index (Phi) is 5.60. The first-order valence-corrected chi connectivity index (χ1v) is 8.68. The van der Waals surface area contributed by atoms with Crippen LogP contribution in [-0.4, -0.2) is 23.3 Å². The molecule has 1 rings (SSSR count). The molecule has 1 N–H and O–H groups in total. The van der Waals surface area contributed by atoms with Gasteiger partial charge in [-0.15, -0.1) is 0 Å². The van der Waals surface area contributed by atoms with E-state index in [-0.39, 0.29) is 16.7 Å². The highest BCUT2D eigenvalue weighted by atomic mass is 16.5. The molecule has 0 bridgehead atoms. The molecule has 21 heavy (non-hydrogen) atoms. The minimum atomic E-state index is -0.0753. The van der Waals surface area contributed by atoms with Gasteiger partial charge in [-0.25, -0.2) is 0 Å². The van der Waals surface area contributed by atoms with Gasteiger partial charge in [0.1, 0.15) is 0 Å². The van der Waals surface area contributed by atoms with Crippen molar-refractivity contribution in [3.63, 3.8) is 0 Å². The average Bonchev–Trinajstić information content (AvgIpc) is 2.23. The zero-order valence-electron chi connectivity index (χ0n) is 16.0. The van der Waals surface area contributed by atoms with Crippen LogP contribution in [0.4, 0.5) is 0 Å². The van der Waals surface area contributed by atoms with Gasteiger partial charge < -0.3 is 10.1 Å². The van der Waals surface area contributed by atoms with Crippen LogP contribution in [0.5, 0.6) is 0 Å². The Morgan fingerprint density at radius 3 is 1.71 bits per heavy atom. The minimum absolute atomic E-state index is 0.00722. The lowest BCUT2D eigenvalue weighted by Crippen LogP contribution is -2.54. The van der Waals surface area contributed by atoms with Gasteiger partial charge >= 0.3 is 0 Å². The highest BCUT2D eigenvalue weighted by Gasteiger charge is 2.42. The molecule has 0 amide bonds. The van der Waals surface area contributed by atoms with Gasteiger partial charge in [0.15, 0.2) is 0 Å². The Hall–Kier alpha value is -0.0800. The van der Waals surface area contributed by atoms with Crippen molar-refractivity contribution in [1.82, 2.24) is 5.32 Å². The van der Waals surface area contributed by atoms with Crippen LogP contribution in [0.3, 0.4) is 0 Å². The summed E-state index contributed by atoms with van der Waals surface area (Å²) >= 11 is 0. The highest BCUT2D eigenvalue weighted by molar-refractivity contribution is 4.95. The SMILES string of the molecule is CC(C)(C)NCC1(OC(C)(C)C)CCC(C(C)(C)C)CC1. The second-order valence-corrected chi connectivity index (χ2v) is 10.1. The first-order valence-electron chi connectivity index (χ1n) is 8.68. The predicted molar refractivity (Wildman–Crippen MR) is 92.7 cm³/mol.